The summed E-state index contributed by atoms with van der Waals surface area (Å²) in [5.41, 5.74) is 2.53. The van der Waals surface area contributed by atoms with Crippen molar-refractivity contribution in [2.75, 3.05) is 19.0 Å². The van der Waals surface area contributed by atoms with Crippen LogP contribution in [0.3, 0.4) is 0 Å². The number of allylic oxidation sites excluding steroid dienone is 2. The van der Waals surface area contributed by atoms with Crippen molar-refractivity contribution >= 4 is 11.8 Å². The number of fused-ring (bicyclic) bond motifs is 1. The van der Waals surface area contributed by atoms with Crippen molar-refractivity contribution in [2.24, 2.45) is 0 Å². The van der Waals surface area contributed by atoms with Gasteiger partial charge in [0.25, 0.3) is 0 Å². The van der Waals surface area contributed by atoms with Crippen molar-refractivity contribution in [3.8, 4) is 0 Å². The van der Waals surface area contributed by atoms with E-state index in [1.165, 1.54) is 31.1 Å². The second-order valence-electron chi connectivity index (χ2n) is 6.58. The lowest BCUT2D eigenvalue weighted by molar-refractivity contribution is -0.140. The number of hydrogen-bond acceptors (Lipinski definition) is 6. The third-order valence-electron chi connectivity index (χ3n) is 4.39. The molecule has 0 amide bonds. The summed E-state index contributed by atoms with van der Waals surface area (Å²) in [5, 5.41) is 3.38. The first kappa shape index (κ1) is 21.5. The Bertz CT molecular complexity index is 693. The van der Waals surface area contributed by atoms with Crippen LogP contribution < -0.4 is 5.32 Å². The van der Waals surface area contributed by atoms with Crippen LogP contribution in [0.15, 0.2) is 49.1 Å². The van der Waals surface area contributed by atoms with E-state index in [1.54, 1.807) is 18.5 Å². The van der Waals surface area contributed by atoms with Gasteiger partial charge in [-0.2, -0.15) is 0 Å². The van der Waals surface area contributed by atoms with E-state index in [0.717, 1.165) is 50.9 Å². The standard InChI is InChI=1S/C18H26N2O2.C4H4N2/c1-22-17(21)11-7-5-3-2-4-6-10-16-13-12-15-9-8-14-19-18(15)20-16;1-2-5-4-6-3-1/h3,5,12-13H,2,4,6-11,14H2,1H3,(H,19,20);1-4H/b5-3+;. The highest BCUT2D eigenvalue weighted by atomic mass is 16.5. The van der Waals surface area contributed by atoms with Crippen LogP contribution in [0.25, 0.3) is 0 Å². The first-order valence-corrected chi connectivity index (χ1v) is 9.94. The Balaban J connectivity index is 0.000000397. The van der Waals surface area contributed by atoms with Crippen LogP contribution in [0.2, 0.25) is 0 Å². The molecule has 0 radical (unpaired) electrons. The van der Waals surface area contributed by atoms with Gasteiger partial charge in [-0.1, -0.05) is 18.2 Å². The number of esters is 1. The van der Waals surface area contributed by atoms with Crippen LogP contribution in [0.5, 0.6) is 0 Å². The number of methoxy groups -OCH3 is 1. The molecular weight excluding hydrogens is 352 g/mol. The molecule has 0 aliphatic carbocycles. The molecule has 0 bridgehead atoms. The maximum atomic E-state index is 10.9. The molecule has 2 aromatic rings. The number of pyridine rings is 1. The Hall–Kier alpha value is -2.76. The normalized spacial score (nSPS) is 12.5. The number of nitrogens with zero attached hydrogens (tertiary/aromatic N) is 3. The van der Waals surface area contributed by atoms with Crippen LogP contribution in [0.4, 0.5) is 5.82 Å². The first-order valence-electron chi connectivity index (χ1n) is 9.94. The van der Waals surface area contributed by atoms with Gasteiger partial charge in [-0.05, 0) is 62.6 Å². The van der Waals surface area contributed by atoms with Gasteiger partial charge < -0.3 is 10.1 Å². The topological polar surface area (TPSA) is 77.0 Å². The average Bonchev–Trinajstić information content (AvgIpc) is 2.77. The molecule has 28 heavy (non-hydrogen) atoms. The maximum absolute atomic E-state index is 10.9. The Kier molecular flexibility index (Phi) is 10.3. The Morgan fingerprint density at radius 3 is 2.71 bits per heavy atom. The molecule has 150 valence electrons. The molecule has 1 N–H and O–H groups in total. The number of rotatable bonds is 8. The van der Waals surface area contributed by atoms with Gasteiger partial charge in [0, 0.05) is 31.1 Å². The highest BCUT2D eigenvalue weighted by Crippen LogP contribution is 2.20. The van der Waals surface area contributed by atoms with Crippen molar-refractivity contribution in [3.05, 3.63) is 60.3 Å². The van der Waals surface area contributed by atoms with Gasteiger partial charge in [0.2, 0.25) is 0 Å². The molecule has 0 unspecified atom stereocenters. The third-order valence-corrected chi connectivity index (χ3v) is 4.39. The fourth-order valence-corrected chi connectivity index (χ4v) is 2.87. The van der Waals surface area contributed by atoms with Crippen molar-refractivity contribution in [1.82, 2.24) is 15.0 Å². The van der Waals surface area contributed by atoms with E-state index in [-0.39, 0.29) is 5.97 Å². The van der Waals surface area contributed by atoms with Crippen LogP contribution in [0.1, 0.15) is 49.8 Å². The first-order chi connectivity index (χ1) is 13.8. The average molecular weight is 383 g/mol. The number of anilines is 1. The molecule has 6 heteroatoms. The number of aromatic nitrogens is 3. The summed E-state index contributed by atoms with van der Waals surface area (Å²) in [5.74, 6) is 0.947. The van der Waals surface area contributed by atoms with Crippen LogP contribution in [0, 0.1) is 0 Å². The van der Waals surface area contributed by atoms with Gasteiger partial charge in [0.05, 0.1) is 7.11 Å². The molecule has 3 rings (SSSR count). The van der Waals surface area contributed by atoms with E-state index in [0.29, 0.717) is 6.42 Å². The van der Waals surface area contributed by atoms with Gasteiger partial charge in [0.15, 0.2) is 0 Å². The molecule has 0 saturated carbocycles. The molecule has 1 aliphatic rings. The van der Waals surface area contributed by atoms with E-state index >= 15 is 0 Å². The molecule has 0 saturated heterocycles. The number of ether oxygens (including phenoxy) is 1. The Morgan fingerprint density at radius 1 is 1.18 bits per heavy atom. The maximum Gasteiger partial charge on any atom is 0.305 e. The minimum absolute atomic E-state index is 0.142. The number of carbonyl (C=O) groups excluding carboxylic acids is 1. The predicted molar refractivity (Wildman–Crippen MR) is 111 cm³/mol. The van der Waals surface area contributed by atoms with Crippen LogP contribution in [-0.4, -0.2) is 34.6 Å². The van der Waals surface area contributed by atoms with E-state index in [2.05, 4.69) is 44.3 Å². The quantitative estimate of drug-likeness (QED) is 0.420. The van der Waals surface area contributed by atoms with E-state index < -0.39 is 0 Å². The van der Waals surface area contributed by atoms with Crippen LogP contribution in [-0.2, 0) is 22.4 Å². The second-order valence-corrected chi connectivity index (χ2v) is 6.58. The summed E-state index contributed by atoms with van der Waals surface area (Å²) in [7, 11) is 1.43. The summed E-state index contributed by atoms with van der Waals surface area (Å²) >= 11 is 0. The molecule has 0 fully saturated rings. The zero-order valence-electron chi connectivity index (χ0n) is 16.6. The molecule has 0 atom stereocenters. The zero-order chi connectivity index (χ0) is 19.9. The Labute approximate surface area is 167 Å². The SMILES string of the molecule is COC(=O)CC/C=C/CCCCc1ccc2c(n1)NCCC2.c1cncnc1. The molecule has 1 aliphatic heterocycles. The lowest BCUT2D eigenvalue weighted by Gasteiger charge is -2.17. The van der Waals surface area contributed by atoms with Crippen LogP contribution >= 0.6 is 0 Å². The van der Waals surface area contributed by atoms with E-state index in [1.807, 2.05) is 0 Å². The van der Waals surface area contributed by atoms with Crippen molar-refractivity contribution in [2.45, 2.75) is 51.4 Å². The third kappa shape index (κ3) is 8.75. The highest BCUT2D eigenvalue weighted by molar-refractivity contribution is 5.69. The van der Waals surface area contributed by atoms with Crippen molar-refractivity contribution in [3.63, 3.8) is 0 Å². The molecule has 6 nitrogen and oxygen atoms in total. The monoisotopic (exact) mass is 382 g/mol. The lowest BCUT2D eigenvalue weighted by Crippen LogP contribution is -2.13. The van der Waals surface area contributed by atoms with Gasteiger partial charge in [-0.25, -0.2) is 15.0 Å². The molecule has 0 spiro atoms. The fraction of sp³-hybridized carbons (Fsp3) is 0.455. The van der Waals surface area contributed by atoms with E-state index in [4.69, 9.17) is 4.98 Å². The summed E-state index contributed by atoms with van der Waals surface area (Å²) < 4.78 is 4.60. The Morgan fingerprint density at radius 2 is 2.00 bits per heavy atom. The molecule has 2 aromatic heterocycles. The largest absolute Gasteiger partial charge is 0.469 e. The summed E-state index contributed by atoms with van der Waals surface area (Å²) in [6, 6.07) is 6.16. The fourth-order valence-electron chi connectivity index (χ4n) is 2.87. The highest BCUT2D eigenvalue weighted by Gasteiger charge is 2.09. The number of nitrogens with one attached hydrogen (secondary N) is 1. The van der Waals surface area contributed by atoms with E-state index in [9.17, 15) is 4.79 Å². The lowest BCUT2D eigenvalue weighted by atomic mass is 10.1. The van der Waals surface area contributed by atoms with Crippen molar-refractivity contribution in [1.29, 1.82) is 0 Å². The van der Waals surface area contributed by atoms with Gasteiger partial charge in [-0.15, -0.1) is 0 Å². The van der Waals surface area contributed by atoms with Gasteiger partial charge in [-0.3, -0.25) is 4.79 Å². The molecular formula is C22H30N4O2. The van der Waals surface area contributed by atoms with Gasteiger partial charge in [0.1, 0.15) is 12.1 Å². The smallest absolute Gasteiger partial charge is 0.305 e. The minimum Gasteiger partial charge on any atom is -0.469 e. The number of hydrogen-bond donors (Lipinski definition) is 1. The number of carbonyl (C=O) groups is 1. The zero-order valence-corrected chi connectivity index (χ0v) is 16.6. The van der Waals surface area contributed by atoms with Crippen molar-refractivity contribution < 1.29 is 9.53 Å². The number of aryl methyl sites for hydroxylation is 2. The number of unbranched alkanes of at least 4 members (excludes halogenated alkanes) is 2. The molecule has 0 aromatic carbocycles. The summed E-state index contributed by atoms with van der Waals surface area (Å²) in [6.07, 6.45) is 17.1. The summed E-state index contributed by atoms with van der Waals surface area (Å²) in [4.78, 5) is 23.0. The second kappa shape index (κ2) is 13.4. The summed E-state index contributed by atoms with van der Waals surface area (Å²) in [6.45, 7) is 1.04. The molecule has 3 heterocycles. The van der Waals surface area contributed by atoms with Gasteiger partial charge >= 0.3 is 5.97 Å². The minimum atomic E-state index is -0.142. The predicted octanol–water partition coefficient (Wildman–Crippen LogP) is 4.14.